The van der Waals surface area contributed by atoms with Crippen LogP contribution in [-0.2, 0) is 9.59 Å². The molecule has 0 spiro atoms. The molecule has 0 saturated heterocycles. The van der Waals surface area contributed by atoms with Crippen molar-refractivity contribution in [2.75, 3.05) is 18.4 Å². The highest BCUT2D eigenvalue weighted by molar-refractivity contribution is 6.40. The van der Waals surface area contributed by atoms with Crippen molar-refractivity contribution in [3.05, 3.63) is 90.0 Å². The highest BCUT2D eigenvalue weighted by Crippen LogP contribution is 2.29. The molecule has 162 valence electrons. The largest absolute Gasteiger partial charge is 0.508 e. The van der Waals surface area contributed by atoms with Gasteiger partial charge in [-0.3, -0.25) is 9.59 Å². The molecule has 1 aliphatic rings. The number of hydrogen-bond acceptors (Lipinski definition) is 3. The summed E-state index contributed by atoms with van der Waals surface area (Å²) in [6.45, 7) is 0.643. The number of rotatable bonds is 3. The number of halogens is 2. The van der Waals surface area contributed by atoms with Crippen molar-refractivity contribution in [2.45, 2.75) is 6.42 Å². The normalized spacial score (nSPS) is 13.4. The standard InChI is InChI=1S/C25H20F2N2O3/c26-19-5-1-18(2-6-19)22-15-20(27)7-10-23(22)28-24(31)25(32)29-13-11-17(12-14-29)16-3-8-21(30)9-4-16/h1-11,15,30H,12-14H2,(H,28,31). The lowest BCUT2D eigenvalue weighted by Gasteiger charge is -2.26. The summed E-state index contributed by atoms with van der Waals surface area (Å²) in [6.07, 6.45) is 2.45. The molecule has 2 amide bonds. The van der Waals surface area contributed by atoms with Gasteiger partial charge in [0.15, 0.2) is 0 Å². The zero-order valence-electron chi connectivity index (χ0n) is 17.0. The van der Waals surface area contributed by atoms with Crippen LogP contribution in [-0.4, -0.2) is 34.9 Å². The van der Waals surface area contributed by atoms with Crippen LogP contribution in [0.15, 0.2) is 72.8 Å². The topological polar surface area (TPSA) is 69.6 Å². The molecule has 7 heteroatoms. The molecule has 0 aromatic heterocycles. The van der Waals surface area contributed by atoms with E-state index in [1.54, 1.807) is 24.3 Å². The van der Waals surface area contributed by atoms with Crippen LogP contribution in [0.3, 0.4) is 0 Å². The predicted molar refractivity (Wildman–Crippen MR) is 118 cm³/mol. The first-order valence-corrected chi connectivity index (χ1v) is 10.0. The quantitative estimate of drug-likeness (QED) is 0.593. The average Bonchev–Trinajstić information content (AvgIpc) is 2.81. The molecule has 2 N–H and O–H groups in total. The van der Waals surface area contributed by atoms with E-state index in [2.05, 4.69) is 5.32 Å². The summed E-state index contributed by atoms with van der Waals surface area (Å²) in [5.41, 5.74) is 3.10. The second-order valence-corrected chi connectivity index (χ2v) is 7.43. The average molecular weight is 434 g/mol. The number of carbonyl (C=O) groups is 2. The summed E-state index contributed by atoms with van der Waals surface area (Å²) >= 11 is 0. The lowest BCUT2D eigenvalue weighted by atomic mass is 9.99. The van der Waals surface area contributed by atoms with Crippen LogP contribution >= 0.6 is 0 Å². The monoisotopic (exact) mass is 434 g/mol. The molecule has 0 unspecified atom stereocenters. The predicted octanol–water partition coefficient (Wildman–Crippen LogP) is 4.59. The molecule has 32 heavy (non-hydrogen) atoms. The first-order chi connectivity index (χ1) is 15.4. The van der Waals surface area contributed by atoms with Gasteiger partial charge >= 0.3 is 11.8 Å². The summed E-state index contributed by atoms with van der Waals surface area (Å²) in [6, 6.07) is 16.0. The maximum absolute atomic E-state index is 13.8. The fraction of sp³-hybridized carbons (Fsp3) is 0.120. The molecule has 0 aliphatic carbocycles. The Morgan fingerprint density at radius 1 is 0.875 bits per heavy atom. The molecular weight excluding hydrogens is 414 g/mol. The summed E-state index contributed by atoms with van der Waals surface area (Å²) < 4.78 is 27.1. The number of benzene rings is 3. The van der Waals surface area contributed by atoms with E-state index in [0.717, 1.165) is 11.1 Å². The van der Waals surface area contributed by atoms with Crippen LogP contribution < -0.4 is 5.32 Å². The molecular formula is C25H20F2N2O3. The number of carbonyl (C=O) groups excluding carboxylic acids is 2. The van der Waals surface area contributed by atoms with Crippen molar-refractivity contribution >= 4 is 23.1 Å². The number of phenols is 1. The van der Waals surface area contributed by atoms with E-state index in [9.17, 15) is 23.5 Å². The van der Waals surface area contributed by atoms with Crippen molar-refractivity contribution in [3.8, 4) is 16.9 Å². The number of anilines is 1. The molecule has 5 nitrogen and oxygen atoms in total. The Kier molecular flexibility index (Phi) is 5.98. The van der Waals surface area contributed by atoms with Gasteiger partial charge in [-0.15, -0.1) is 0 Å². The van der Waals surface area contributed by atoms with Gasteiger partial charge in [0.25, 0.3) is 0 Å². The van der Waals surface area contributed by atoms with E-state index in [0.29, 0.717) is 24.1 Å². The summed E-state index contributed by atoms with van der Waals surface area (Å²) in [5.74, 6) is -2.30. The number of nitrogens with one attached hydrogen (secondary N) is 1. The molecule has 0 radical (unpaired) electrons. The maximum Gasteiger partial charge on any atom is 0.313 e. The Hall–Kier alpha value is -4.00. The Labute approximate surface area is 183 Å². The van der Waals surface area contributed by atoms with E-state index in [1.165, 1.54) is 47.4 Å². The van der Waals surface area contributed by atoms with Crippen LogP contribution in [0.5, 0.6) is 5.75 Å². The van der Waals surface area contributed by atoms with E-state index in [-0.39, 0.29) is 18.0 Å². The molecule has 0 saturated carbocycles. The van der Waals surface area contributed by atoms with Crippen molar-refractivity contribution in [3.63, 3.8) is 0 Å². The van der Waals surface area contributed by atoms with Gasteiger partial charge in [-0.25, -0.2) is 8.78 Å². The van der Waals surface area contributed by atoms with Gasteiger partial charge in [-0.1, -0.05) is 30.3 Å². The molecule has 4 rings (SSSR count). The lowest BCUT2D eigenvalue weighted by Crippen LogP contribution is -2.41. The van der Waals surface area contributed by atoms with Gasteiger partial charge < -0.3 is 15.3 Å². The fourth-order valence-corrected chi connectivity index (χ4v) is 3.60. The minimum Gasteiger partial charge on any atom is -0.508 e. The Morgan fingerprint density at radius 3 is 2.19 bits per heavy atom. The lowest BCUT2D eigenvalue weighted by molar-refractivity contribution is -0.142. The van der Waals surface area contributed by atoms with Gasteiger partial charge in [0.2, 0.25) is 0 Å². The second kappa shape index (κ2) is 9.01. The fourth-order valence-electron chi connectivity index (χ4n) is 3.60. The van der Waals surface area contributed by atoms with E-state index < -0.39 is 23.4 Å². The summed E-state index contributed by atoms with van der Waals surface area (Å²) in [5, 5.41) is 12.0. The molecule has 1 heterocycles. The van der Waals surface area contributed by atoms with Crippen molar-refractivity contribution in [1.82, 2.24) is 4.90 Å². The highest BCUT2D eigenvalue weighted by atomic mass is 19.1. The zero-order valence-corrected chi connectivity index (χ0v) is 17.0. The van der Waals surface area contributed by atoms with Crippen LogP contribution in [0, 0.1) is 11.6 Å². The van der Waals surface area contributed by atoms with Crippen molar-refractivity contribution in [2.24, 2.45) is 0 Å². The Morgan fingerprint density at radius 2 is 1.53 bits per heavy atom. The first kappa shape index (κ1) is 21.2. The van der Waals surface area contributed by atoms with Crippen LogP contribution in [0.4, 0.5) is 14.5 Å². The highest BCUT2D eigenvalue weighted by Gasteiger charge is 2.25. The molecule has 1 aliphatic heterocycles. The Balaban J connectivity index is 1.47. The summed E-state index contributed by atoms with van der Waals surface area (Å²) in [4.78, 5) is 26.7. The molecule has 0 fully saturated rings. The maximum atomic E-state index is 13.8. The van der Waals surface area contributed by atoms with Crippen LogP contribution in [0.2, 0.25) is 0 Å². The first-order valence-electron chi connectivity index (χ1n) is 10.0. The zero-order chi connectivity index (χ0) is 22.7. The third kappa shape index (κ3) is 4.67. The molecule has 0 atom stereocenters. The number of nitrogens with zero attached hydrogens (tertiary/aromatic N) is 1. The van der Waals surface area contributed by atoms with E-state index in [4.69, 9.17) is 0 Å². The number of phenolic OH excluding ortho intramolecular Hbond substituents is 1. The van der Waals surface area contributed by atoms with Crippen molar-refractivity contribution in [1.29, 1.82) is 0 Å². The third-order valence-electron chi connectivity index (χ3n) is 5.31. The number of hydrogen-bond donors (Lipinski definition) is 2. The smallest absolute Gasteiger partial charge is 0.313 e. The van der Waals surface area contributed by atoms with Gasteiger partial charge in [-0.05, 0) is 65.6 Å². The van der Waals surface area contributed by atoms with E-state index >= 15 is 0 Å². The molecule has 3 aromatic carbocycles. The van der Waals surface area contributed by atoms with Gasteiger partial charge in [0.05, 0.1) is 0 Å². The van der Waals surface area contributed by atoms with Crippen LogP contribution in [0.25, 0.3) is 16.7 Å². The summed E-state index contributed by atoms with van der Waals surface area (Å²) in [7, 11) is 0. The van der Waals surface area contributed by atoms with Gasteiger partial charge in [0.1, 0.15) is 17.4 Å². The second-order valence-electron chi connectivity index (χ2n) is 7.43. The van der Waals surface area contributed by atoms with E-state index in [1.807, 2.05) is 6.08 Å². The van der Waals surface area contributed by atoms with Gasteiger partial charge in [-0.2, -0.15) is 0 Å². The SMILES string of the molecule is O=C(Nc1ccc(F)cc1-c1ccc(F)cc1)C(=O)N1CC=C(c2ccc(O)cc2)CC1. The Bertz CT molecular complexity index is 1190. The molecule has 0 bridgehead atoms. The van der Waals surface area contributed by atoms with Gasteiger partial charge in [0, 0.05) is 24.3 Å². The van der Waals surface area contributed by atoms with Crippen molar-refractivity contribution < 1.29 is 23.5 Å². The third-order valence-corrected chi connectivity index (χ3v) is 5.31. The number of aromatic hydroxyl groups is 1. The minimum atomic E-state index is -0.832. The number of amides is 2. The van der Waals surface area contributed by atoms with Crippen LogP contribution in [0.1, 0.15) is 12.0 Å². The minimum absolute atomic E-state index is 0.180. The molecule has 3 aromatic rings.